The van der Waals surface area contributed by atoms with Gasteiger partial charge < -0.3 is 15.7 Å². The van der Waals surface area contributed by atoms with Gasteiger partial charge in [0.1, 0.15) is 0 Å². The molecule has 0 saturated heterocycles. The number of aliphatic carboxylic acids is 1. The van der Waals surface area contributed by atoms with E-state index in [1.54, 1.807) is 0 Å². The zero-order valence-corrected chi connectivity index (χ0v) is 13.4. The van der Waals surface area contributed by atoms with E-state index < -0.39 is 5.97 Å². The molecule has 0 aromatic rings. The normalized spacial score (nSPS) is 23.3. The van der Waals surface area contributed by atoms with Gasteiger partial charge in [0.25, 0.3) is 0 Å². The van der Waals surface area contributed by atoms with E-state index in [1.807, 2.05) is 6.92 Å². The molecule has 3 N–H and O–H groups in total. The van der Waals surface area contributed by atoms with Crippen LogP contribution in [0.25, 0.3) is 0 Å². The summed E-state index contributed by atoms with van der Waals surface area (Å²) in [5.41, 5.74) is 0. The van der Waals surface area contributed by atoms with Gasteiger partial charge in [0, 0.05) is 19.5 Å². The van der Waals surface area contributed by atoms with Crippen LogP contribution in [0.2, 0.25) is 0 Å². The van der Waals surface area contributed by atoms with Gasteiger partial charge in [0.15, 0.2) is 0 Å². The molecule has 1 rings (SSSR count). The molecule has 1 saturated carbocycles. The lowest BCUT2D eigenvalue weighted by Crippen LogP contribution is -2.41. The Bertz CT molecular complexity index is 325. The van der Waals surface area contributed by atoms with Crippen molar-refractivity contribution < 1.29 is 14.7 Å². The number of nitrogens with one attached hydrogen (secondary N) is 2. The van der Waals surface area contributed by atoms with Gasteiger partial charge in [-0.3, -0.25) is 4.79 Å². The highest BCUT2D eigenvalue weighted by atomic mass is 16.4. The second-order valence-electron chi connectivity index (χ2n) is 6.26. The summed E-state index contributed by atoms with van der Waals surface area (Å²) < 4.78 is 0. The summed E-state index contributed by atoms with van der Waals surface area (Å²) in [6, 6.07) is -0.170. The fourth-order valence-electron chi connectivity index (χ4n) is 2.99. The van der Waals surface area contributed by atoms with Crippen LogP contribution in [-0.4, -0.2) is 30.2 Å². The molecular formula is C16H30N2O3. The molecule has 0 bridgehead atoms. The predicted molar refractivity (Wildman–Crippen MR) is 83.2 cm³/mol. The first kappa shape index (κ1) is 17.8. The first-order valence-electron chi connectivity index (χ1n) is 8.28. The summed E-state index contributed by atoms with van der Waals surface area (Å²) in [7, 11) is 0. The van der Waals surface area contributed by atoms with E-state index in [-0.39, 0.29) is 18.4 Å². The average molecular weight is 298 g/mol. The van der Waals surface area contributed by atoms with Crippen molar-refractivity contribution in [1.82, 2.24) is 10.6 Å². The van der Waals surface area contributed by atoms with Crippen molar-refractivity contribution >= 4 is 12.0 Å². The highest BCUT2D eigenvalue weighted by molar-refractivity contribution is 5.74. The highest BCUT2D eigenvalue weighted by Gasteiger charge is 2.20. The molecule has 0 aromatic heterocycles. The summed E-state index contributed by atoms with van der Waals surface area (Å²) in [4.78, 5) is 22.4. The molecule has 1 fully saturated rings. The summed E-state index contributed by atoms with van der Waals surface area (Å²) >= 11 is 0. The smallest absolute Gasteiger partial charge is 0.314 e. The largest absolute Gasteiger partial charge is 0.481 e. The van der Waals surface area contributed by atoms with E-state index in [0.717, 1.165) is 18.9 Å². The SMILES string of the molecule is CCC1CCC(CNC(=O)NCC(CC)CC(=O)O)CC1. The summed E-state index contributed by atoms with van der Waals surface area (Å²) in [5, 5.41) is 14.5. The first-order valence-corrected chi connectivity index (χ1v) is 8.28. The molecule has 1 unspecified atom stereocenters. The molecule has 1 aliphatic rings. The fraction of sp³-hybridized carbons (Fsp3) is 0.875. The minimum absolute atomic E-state index is 0.00763. The van der Waals surface area contributed by atoms with Crippen LogP contribution >= 0.6 is 0 Å². The molecule has 21 heavy (non-hydrogen) atoms. The number of amides is 2. The monoisotopic (exact) mass is 298 g/mol. The van der Waals surface area contributed by atoms with Crippen molar-refractivity contribution in [3.8, 4) is 0 Å². The number of hydrogen-bond donors (Lipinski definition) is 3. The van der Waals surface area contributed by atoms with Crippen molar-refractivity contribution in [3.63, 3.8) is 0 Å². The lowest BCUT2D eigenvalue weighted by molar-refractivity contribution is -0.138. The third-order valence-electron chi connectivity index (χ3n) is 4.69. The summed E-state index contributed by atoms with van der Waals surface area (Å²) in [6.07, 6.45) is 7.10. The number of carbonyl (C=O) groups excluding carboxylic acids is 1. The molecule has 0 heterocycles. The number of carbonyl (C=O) groups is 2. The molecule has 0 aromatic carbocycles. The van der Waals surface area contributed by atoms with Crippen LogP contribution < -0.4 is 10.6 Å². The number of urea groups is 1. The highest BCUT2D eigenvalue weighted by Crippen LogP contribution is 2.29. The fourth-order valence-corrected chi connectivity index (χ4v) is 2.99. The lowest BCUT2D eigenvalue weighted by Gasteiger charge is -2.27. The topological polar surface area (TPSA) is 78.4 Å². The number of carboxylic acid groups (broad SMARTS) is 1. The first-order chi connectivity index (χ1) is 10.0. The second kappa shape index (κ2) is 9.64. The maximum Gasteiger partial charge on any atom is 0.314 e. The Morgan fingerprint density at radius 1 is 1.10 bits per heavy atom. The summed E-state index contributed by atoms with van der Waals surface area (Å²) in [6.45, 7) is 5.35. The van der Waals surface area contributed by atoms with Gasteiger partial charge in [0.05, 0.1) is 0 Å². The van der Waals surface area contributed by atoms with E-state index in [2.05, 4.69) is 17.6 Å². The molecule has 122 valence electrons. The van der Waals surface area contributed by atoms with Crippen LogP contribution in [0.1, 0.15) is 58.8 Å². The average Bonchev–Trinajstić information content (AvgIpc) is 2.49. The van der Waals surface area contributed by atoms with Crippen molar-refractivity contribution in [3.05, 3.63) is 0 Å². The van der Waals surface area contributed by atoms with E-state index in [0.29, 0.717) is 12.5 Å². The van der Waals surface area contributed by atoms with Gasteiger partial charge >= 0.3 is 12.0 Å². The van der Waals surface area contributed by atoms with Gasteiger partial charge in [-0.1, -0.05) is 39.5 Å². The Balaban J connectivity index is 2.15. The Hall–Kier alpha value is -1.26. The van der Waals surface area contributed by atoms with Crippen LogP contribution in [-0.2, 0) is 4.79 Å². The van der Waals surface area contributed by atoms with Gasteiger partial charge in [-0.05, 0) is 30.6 Å². The number of rotatable bonds is 8. The van der Waals surface area contributed by atoms with Crippen LogP contribution in [0.15, 0.2) is 0 Å². The zero-order valence-electron chi connectivity index (χ0n) is 13.4. The molecule has 2 amide bonds. The van der Waals surface area contributed by atoms with Crippen molar-refractivity contribution in [2.24, 2.45) is 17.8 Å². The Kier molecular flexibility index (Phi) is 8.16. The van der Waals surface area contributed by atoms with Gasteiger partial charge in [0.2, 0.25) is 0 Å². The minimum Gasteiger partial charge on any atom is -0.481 e. The van der Waals surface area contributed by atoms with E-state index >= 15 is 0 Å². The van der Waals surface area contributed by atoms with E-state index in [9.17, 15) is 9.59 Å². The van der Waals surface area contributed by atoms with E-state index in [1.165, 1.54) is 32.1 Å². The molecule has 0 aliphatic heterocycles. The molecule has 1 aliphatic carbocycles. The predicted octanol–water partition coefficient (Wildman–Crippen LogP) is 3.00. The van der Waals surface area contributed by atoms with Gasteiger partial charge in [-0.15, -0.1) is 0 Å². The van der Waals surface area contributed by atoms with Crippen molar-refractivity contribution in [2.75, 3.05) is 13.1 Å². The zero-order chi connectivity index (χ0) is 15.7. The van der Waals surface area contributed by atoms with Crippen LogP contribution in [0.3, 0.4) is 0 Å². The van der Waals surface area contributed by atoms with Crippen molar-refractivity contribution in [2.45, 2.75) is 58.8 Å². The molecule has 0 spiro atoms. The molecule has 5 nitrogen and oxygen atoms in total. The summed E-state index contributed by atoms with van der Waals surface area (Å²) in [5.74, 6) is 0.668. The molecule has 1 atom stereocenters. The van der Waals surface area contributed by atoms with Gasteiger partial charge in [-0.25, -0.2) is 4.79 Å². The molecular weight excluding hydrogens is 268 g/mol. The standard InChI is InChI=1S/C16H30N2O3/c1-3-12-5-7-14(8-6-12)11-18-16(21)17-10-13(4-2)9-15(19)20/h12-14H,3-11H2,1-2H3,(H,19,20)(H2,17,18,21). The van der Waals surface area contributed by atoms with Crippen LogP contribution in [0.5, 0.6) is 0 Å². The van der Waals surface area contributed by atoms with Crippen molar-refractivity contribution in [1.29, 1.82) is 0 Å². The minimum atomic E-state index is -0.809. The maximum atomic E-state index is 11.7. The molecule has 0 radical (unpaired) electrons. The molecule has 5 heteroatoms. The van der Waals surface area contributed by atoms with Gasteiger partial charge in [-0.2, -0.15) is 0 Å². The number of hydrogen-bond acceptors (Lipinski definition) is 2. The maximum absolute atomic E-state index is 11.7. The van der Waals surface area contributed by atoms with E-state index in [4.69, 9.17) is 5.11 Å². The second-order valence-corrected chi connectivity index (χ2v) is 6.26. The third kappa shape index (κ3) is 7.34. The van der Waals surface area contributed by atoms with Crippen LogP contribution in [0, 0.1) is 17.8 Å². The van der Waals surface area contributed by atoms with Crippen LogP contribution in [0.4, 0.5) is 4.79 Å². The Labute approximate surface area is 127 Å². The lowest BCUT2D eigenvalue weighted by atomic mass is 9.81. The quantitative estimate of drug-likeness (QED) is 0.644. The Morgan fingerprint density at radius 2 is 1.71 bits per heavy atom. The number of carboxylic acids is 1. The third-order valence-corrected chi connectivity index (χ3v) is 4.69. The Morgan fingerprint density at radius 3 is 2.24 bits per heavy atom.